The number of aryl methyl sites for hydroxylation is 1. The quantitative estimate of drug-likeness (QED) is 0.694. The zero-order valence-electron chi connectivity index (χ0n) is 14.7. The van der Waals surface area contributed by atoms with Crippen molar-refractivity contribution in [2.75, 3.05) is 0 Å². The van der Waals surface area contributed by atoms with Gasteiger partial charge in [0.15, 0.2) is 11.6 Å². The molecule has 1 amide bonds. The topological polar surface area (TPSA) is 110 Å². The van der Waals surface area contributed by atoms with Crippen molar-refractivity contribution < 1.29 is 19.1 Å². The number of rotatable bonds is 6. The zero-order chi connectivity index (χ0) is 19.0. The number of hydrogen-bond acceptors (Lipinski definition) is 5. The summed E-state index contributed by atoms with van der Waals surface area (Å²) >= 11 is 0. The van der Waals surface area contributed by atoms with E-state index in [4.69, 9.17) is 9.52 Å². The Bertz CT molecular complexity index is 1020. The van der Waals surface area contributed by atoms with Crippen LogP contribution in [0.15, 0.2) is 40.9 Å². The van der Waals surface area contributed by atoms with E-state index < -0.39 is 5.97 Å². The van der Waals surface area contributed by atoms with E-state index in [0.29, 0.717) is 29.7 Å². The smallest absolute Gasteiger partial charge is 0.356 e. The molecule has 1 aromatic carbocycles. The van der Waals surface area contributed by atoms with Crippen LogP contribution in [0.25, 0.3) is 5.69 Å². The molecule has 0 radical (unpaired) electrons. The molecule has 8 nitrogen and oxygen atoms in total. The van der Waals surface area contributed by atoms with Crippen molar-refractivity contribution >= 4 is 11.9 Å². The molecule has 2 aromatic heterocycles. The van der Waals surface area contributed by atoms with Crippen LogP contribution >= 0.6 is 0 Å². The van der Waals surface area contributed by atoms with Crippen molar-refractivity contribution in [3.63, 3.8) is 0 Å². The summed E-state index contributed by atoms with van der Waals surface area (Å²) in [5, 5.41) is 15.8. The first-order valence-corrected chi connectivity index (χ1v) is 8.65. The van der Waals surface area contributed by atoms with Crippen LogP contribution in [0, 0.1) is 6.92 Å². The molecule has 8 heteroatoms. The fourth-order valence-electron chi connectivity index (χ4n) is 2.79. The highest BCUT2D eigenvalue weighted by Gasteiger charge is 2.30. The van der Waals surface area contributed by atoms with Crippen LogP contribution in [0.5, 0.6) is 0 Å². The fraction of sp³-hybridized carbons (Fsp3) is 0.263. The second-order valence-electron chi connectivity index (χ2n) is 6.54. The highest BCUT2D eigenvalue weighted by atomic mass is 16.4. The normalized spacial score (nSPS) is 13.5. The van der Waals surface area contributed by atoms with Gasteiger partial charge in [-0.2, -0.15) is 5.10 Å². The molecule has 2 N–H and O–H groups in total. The van der Waals surface area contributed by atoms with Gasteiger partial charge in [0.25, 0.3) is 5.91 Å². The van der Waals surface area contributed by atoms with E-state index >= 15 is 0 Å². The summed E-state index contributed by atoms with van der Waals surface area (Å²) < 4.78 is 7.10. The molecule has 1 aliphatic rings. The molecular weight excluding hydrogens is 348 g/mol. The number of carbonyl (C=O) groups excluding carboxylic acids is 1. The molecule has 0 spiro atoms. The maximum Gasteiger partial charge on any atom is 0.356 e. The number of oxazole rings is 1. The Hall–Kier alpha value is -3.42. The molecule has 2 heterocycles. The lowest BCUT2D eigenvalue weighted by Crippen LogP contribution is -2.23. The number of nitrogens with zero attached hydrogens (tertiary/aromatic N) is 3. The van der Waals surface area contributed by atoms with E-state index in [1.807, 2.05) is 24.3 Å². The first-order chi connectivity index (χ1) is 13.0. The van der Waals surface area contributed by atoms with Crippen LogP contribution in [-0.2, 0) is 6.54 Å². The molecule has 0 aliphatic heterocycles. The summed E-state index contributed by atoms with van der Waals surface area (Å²) in [5.41, 5.74) is 2.13. The standard InChI is InChI=1S/C19H18N4O4/c1-11-16(27-18(21-11)13-5-6-13)17(24)20-10-12-3-2-4-14(9-12)23-8-7-15(22-23)19(25)26/h2-4,7-9,13H,5-6,10H2,1H3,(H,20,24)(H,25,26). The van der Waals surface area contributed by atoms with Gasteiger partial charge in [-0.15, -0.1) is 0 Å². The predicted octanol–water partition coefficient (Wildman–Crippen LogP) is 2.67. The number of carboxylic acids is 1. The van der Waals surface area contributed by atoms with Crippen LogP contribution in [0.3, 0.4) is 0 Å². The third-order valence-electron chi connectivity index (χ3n) is 4.38. The van der Waals surface area contributed by atoms with Gasteiger partial charge in [-0.1, -0.05) is 12.1 Å². The Balaban J connectivity index is 1.45. The van der Waals surface area contributed by atoms with Gasteiger partial charge in [0.05, 0.1) is 11.4 Å². The Morgan fingerprint density at radius 3 is 2.85 bits per heavy atom. The minimum atomic E-state index is -1.08. The summed E-state index contributed by atoms with van der Waals surface area (Å²) in [6.45, 7) is 2.07. The SMILES string of the molecule is Cc1nc(C2CC2)oc1C(=O)NCc1cccc(-n2ccc(C(=O)O)n2)c1. The summed E-state index contributed by atoms with van der Waals surface area (Å²) in [4.78, 5) is 27.7. The highest BCUT2D eigenvalue weighted by Crippen LogP contribution is 2.40. The van der Waals surface area contributed by atoms with Gasteiger partial charge in [-0.05, 0) is 43.5 Å². The van der Waals surface area contributed by atoms with Crippen molar-refractivity contribution in [2.45, 2.75) is 32.2 Å². The summed E-state index contributed by atoms with van der Waals surface area (Å²) in [6, 6.07) is 8.77. The molecular formula is C19H18N4O4. The third kappa shape index (κ3) is 3.59. The van der Waals surface area contributed by atoms with Crippen LogP contribution in [0.4, 0.5) is 0 Å². The van der Waals surface area contributed by atoms with Crippen molar-refractivity contribution in [3.05, 3.63) is 65.1 Å². The van der Waals surface area contributed by atoms with Gasteiger partial charge in [0.2, 0.25) is 5.76 Å². The monoisotopic (exact) mass is 366 g/mol. The van der Waals surface area contributed by atoms with Crippen LogP contribution in [0.2, 0.25) is 0 Å². The summed E-state index contributed by atoms with van der Waals surface area (Å²) in [5.74, 6) is -0.125. The van der Waals surface area contributed by atoms with Crippen LogP contribution < -0.4 is 5.32 Å². The summed E-state index contributed by atoms with van der Waals surface area (Å²) in [7, 11) is 0. The van der Waals surface area contributed by atoms with Gasteiger partial charge in [0.1, 0.15) is 0 Å². The van der Waals surface area contributed by atoms with Crippen LogP contribution in [-0.4, -0.2) is 31.7 Å². The minimum absolute atomic E-state index is 0.0269. The third-order valence-corrected chi connectivity index (χ3v) is 4.38. The lowest BCUT2D eigenvalue weighted by Gasteiger charge is -2.07. The molecule has 4 rings (SSSR count). The van der Waals surface area contributed by atoms with E-state index in [0.717, 1.165) is 18.4 Å². The van der Waals surface area contributed by atoms with Crippen molar-refractivity contribution in [3.8, 4) is 5.69 Å². The van der Waals surface area contributed by atoms with E-state index in [-0.39, 0.29) is 17.4 Å². The van der Waals surface area contributed by atoms with Crippen molar-refractivity contribution in [2.24, 2.45) is 0 Å². The second-order valence-corrected chi connectivity index (χ2v) is 6.54. The lowest BCUT2D eigenvalue weighted by atomic mass is 10.2. The number of hydrogen-bond donors (Lipinski definition) is 2. The number of carbonyl (C=O) groups is 2. The van der Waals surface area contributed by atoms with Gasteiger partial charge in [0, 0.05) is 18.7 Å². The molecule has 0 bridgehead atoms. The van der Waals surface area contributed by atoms with Gasteiger partial charge < -0.3 is 14.8 Å². The molecule has 0 saturated heterocycles. The number of aromatic carboxylic acids is 1. The first-order valence-electron chi connectivity index (χ1n) is 8.65. The van der Waals surface area contributed by atoms with Gasteiger partial charge >= 0.3 is 5.97 Å². The van der Waals surface area contributed by atoms with E-state index in [9.17, 15) is 9.59 Å². The Morgan fingerprint density at radius 1 is 1.33 bits per heavy atom. The maximum absolute atomic E-state index is 12.4. The minimum Gasteiger partial charge on any atom is -0.476 e. The average molecular weight is 366 g/mol. The second kappa shape index (κ2) is 6.71. The van der Waals surface area contributed by atoms with E-state index in [2.05, 4.69) is 15.4 Å². The number of amides is 1. The Labute approximate surface area is 154 Å². The maximum atomic E-state index is 12.4. The van der Waals surface area contributed by atoms with Crippen LogP contribution in [0.1, 0.15) is 57.0 Å². The Morgan fingerprint density at radius 2 is 2.15 bits per heavy atom. The predicted molar refractivity (Wildman–Crippen MR) is 94.9 cm³/mol. The molecule has 1 saturated carbocycles. The first kappa shape index (κ1) is 17.0. The van der Waals surface area contributed by atoms with Gasteiger partial charge in [-0.3, -0.25) is 4.79 Å². The number of benzene rings is 1. The van der Waals surface area contributed by atoms with E-state index in [1.165, 1.54) is 10.7 Å². The largest absolute Gasteiger partial charge is 0.476 e. The average Bonchev–Trinajstić information content (AvgIpc) is 3.24. The van der Waals surface area contributed by atoms with Crippen molar-refractivity contribution in [1.29, 1.82) is 0 Å². The lowest BCUT2D eigenvalue weighted by molar-refractivity contribution is 0.0689. The van der Waals surface area contributed by atoms with Gasteiger partial charge in [-0.25, -0.2) is 14.5 Å². The number of nitrogens with one attached hydrogen (secondary N) is 1. The molecule has 138 valence electrons. The molecule has 1 fully saturated rings. The molecule has 27 heavy (non-hydrogen) atoms. The number of aromatic nitrogens is 3. The zero-order valence-corrected chi connectivity index (χ0v) is 14.7. The molecule has 0 unspecified atom stereocenters. The fourth-order valence-corrected chi connectivity index (χ4v) is 2.79. The van der Waals surface area contributed by atoms with Crippen molar-refractivity contribution in [1.82, 2.24) is 20.1 Å². The molecule has 3 aromatic rings. The van der Waals surface area contributed by atoms with E-state index in [1.54, 1.807) is 13.1 Å². The molecule has 1 aliphatic carbocycles. The number of carboxylic acid groups (broad SMARTS) is 1. The highest BCUT2D eigenvalue weighted by molar-refractivity contribution is 5.92. The molecule has 0 atom stereocenters. The Kier molecular flexibility index (Phi) is 4.23. The summed E-state index contributed by atoms with van der Waals surface area (Å²) in [6.07, 6.45) is 3.70.